The molecule has 6 nitrogen and oxygen atoms in total. The number of carbonyl (C=O) groups is 1. The monoisotopic (exact) mass is 339 g/mol. The number of carbonyl (C=O) groups excluding carboxylic acids is 1. The van der Waals surface area contributed by atoms with Crippen molar-refractivity contribution in [1.29, 1.82) is 0 Å². The van der Waals surface area contributed by atoms with Crippen molar-refractivity contribution in [2.24, 2.45) is 0 Å². The van der Waals surface area contributed by atoms with Gasteiger partial charge in [-0.3, -0.25) is 9.59 Å². The minimum atomic E-state index is -0.487. The quantitative estimate of drug-likeness (QED) is 0.536. The molecule has 0 saturated carbocycles. The Balaban J connectivity index is 1.99. The van der Waals surface area contributed by atoms with Gasteiger partial charge in [0.1, 0.15) is 5.69 Å². The summed E-state index contributed by atoms with van der Waals surface area (Å²) in [6.07, 6.45) is -0.176. The molecule has 2 aromatic heterocycles. The maximum atomic E-state index is 12.1. The maximum Gasteiger partial charge on any atom is 0.312 e. The van der Waals surface area contributed by atoms with Crippen molar-refractivity contribution in [2.45, 2.75) is 13.3 Å². The Morgan fingerprint density at radius 2 is 2.08 bits per heavy atom. The van der Waals surface area contributed by atoms with Crippen molar-refractivity contribution in [3.05, 3.63) is 52.4 Å². The fourth-order valence-corrected chi connectivity index (χ4v) is 3.68. The summed E-state index contributed by atoms with van der Waals surface area (Å²) < 4.78 is 7.54. The smallest absolute Gasteiger partial charge is 0.312 e. The molecule has 24 heavy (non-hydrogen) atoms. The van der Waals surface area contributed by atoms with Gasteiger partial charge in [-0.2, -0.15) is 10.1 Å². The molecule has 0 spiro atoms. The third-order valence-electron chi connectivity index (χ3n) is 3.74. The number of nitrogens with zero attached hydrogens (tertiary/aromatic N) is 3. The summed E-state index contributed by atoms with van der Waals surface area (Å²) in [5.41, 5.74) is 0.503. The fourth-order valence-electron chi connectivity index (χ4n) is 2.71. The number of fused-ring (bicyclic) bond motifs is 5. The Morgan fingerprint density at radius 3 is 2.92 bits per heavy atom. The summed E-state index contributed by atoms with van der Waals surface area (Å²) in [4.78, 5) is 28.4. The summed E-state index contributed by atoms with van der Waals surface area (Å²) in [5.74, 6) is -0.478. The SMILES string of the molecule is CCOC(=O)Cc1nn2c(nc1=O)sc1ccc3ccccc3c12. The summed E-state index contributed by atoms with van der Waals surface area (Å²) in [6.45, 7) is 1.99. The first-order valence-corrected chi connectivity index (χ1v) is 8.35. The standard InChI is InChI=1S/C17H13N3O3S/c1-2-23-14(21)9-12-16(22)18-17-20(19-12)15-11-6-4-3-5-10(11)7-8-13(15)24-17/h3-8H,2,9H2,1H3. The van der Waals surface area contributed by atoms with E-state index in [1.807, 2.05) is 36.4 Å². The van der Waals surface area contributed by atoms with Gasteiger partial charge in [-0.15, -0.1) is 0 Å². The summed E-state index contributed by atoms with van der Waals surface area (Å²) in [5, 5.41) is 6.50. The van der Waals surface area contributed by atoms with Crippen molar-refractivity contribution in [1.82, 2.24) is 14.6 Å². The first-order chi connectivity index (χ1) is 11.7. The van der Waals surface area contributed by atoms with Crippen LogP contribution in [0.2, 0.25) is 0 Å². The molecule has 0 aliphatic heterocycles. The lowest BCUT2D eigenvalue weighted by Crippen LogP contribution is -2.22. The molecule has 0 radical (unpaired) electrons. The average molecular weight is 339 g/mol. The van der Waals surface area contributed by atoms with Crippen LogP contribution in [0.25, 0.3) is 25.9 Å². The van der Waals surface area contributed by atoms with Crippen LogP contribution in [-0.4, -0.2) is 27.2 Å². The number of rotatable bonds is 3. The van der Waals surface area contributed by atoms with Gasteiger partial charge in [-0.25, -0.2) is 4.52 Å². The van der Waals surface area contributed by atoms with Gasteiger partial charge in [0.2, 0.25) is 4.96 Å². The van der Waals surface area contributed by atoms with Crippen LogP contribution in [0, 0.1) is 0 Å². The second kappa shape index (κ2) is 5.68. The van der Waals surface area contributed by atoms with Crippen LogP contribution in [0.1, 0.15) is 12.6 Å². The largest absolute Gasteiger partial charge is 0.466 e. The molecule has 0 aliphatic carbocycles. The zero-order chi connectivity index (χ0) is 16.7. The van der Waals surface area contributed by atoms with Crippen LogP contribution in [0.15, 0.2) is 41.2 Å². The zero-order valence-corrected chi connectivity index (χ0v) is 13.7. The minimum absolute atomic E-state index is 0.0959. The molecule has 0 aliphatic rings. The molecule has 120 valence electrons. The van der Waals surface area contributed by atoms with Crippen molar-refractivity contribution < 1.29 is 9.53 Å². The molecule has 0 N–H and O–H groups in total. The van der Waals surface area contributed by atoms with Gasteiger partial charge in [-0.1, -0.05) is 41.7 Å². The lowest BCUT2D eigenvalue weighted by atomic mass is 10.1. The molecule has 2 heterocycles. The van der Waals surface area contributed by atoms with E-state index < -0.39 is 11.5 Å². The molecule has 4 aromatic rings. The Bertz CT molecular complexity index is 1150. The highest BCUT2D eigenvalue weighted by Crippen LogP contribution is 2.30. The molecular weight excluding hydrogens is 326 g/mol. The minimum Gasteiger partial charge on any atom is -0.466 e. The molecule has 0 unspecified atom stereocenters. The molecule has 0 saturated heterocycles. The van der Waals surface area contributed by atoms with Crippen molar-refractivity contribution in [3.8, 4) is 0 Å². The van der Waals surface area contributed by atoms with Crippen LogP contribution >= 0.6 is 11.3 Å². The van der Waals surface area contributed by atoms with E-state index in [0.717, 1.165) is 21.0 Å². The number of thiazole rings is 1. The van der Waals surface area contributed by atoms with E-state index in [1.54, 1.807) is 11.4 Å². The average Bonchev–Trinajstić information content (AvgIpc) is 2.93. The van der Waals surface area contributed by atoms with Gasteiger partial charge in [0, 0.05) is 5.39 Å². The van der Waals surface area contributed by atoms with E-state index in [-0.39, 0.29) is 18.7 Å². The van der Waals surface area contributed by atoms with Gasteiger partial charge in [0.25, 0.3) is 5.56 Å². The molecule has 2 aromatic carbocycles. The predicted molar refractivity (Wildman–Crippen MR) is 92.5 cm³/mol. The van der Waals surface area contributed by atoms with E-state index in [1.165, 1.54) is 11.3 Å². The van der Waals surface area contributed by atoms with Crippen molar-refractivity contribution in [3.63, 3.8) is 0 Å². The van der Waals surface area contributed by atoms with Gasteiger partial charge >= 0.3 is 5.97 Å². The van der Waals surface area contributed by atoms with E-state index in [9.17, 15) is 9.59 Å². The Kier molecular flexibility index (Phi) is 3.50. The molecule has 4 rings (SSSR count). The van der Waals surface area contributed by atoms with E-state index in [0.29, 0.717) is 4.96 Å². The second-order valence-corrected chi connectivity index (χ2v) is 6.28. The fraction of sp³-hybridized carbons (Fsp3) is 0.176. The predicted octanol–water partition coefficient (Wildman–Crippen LogP) is 2.56. The summed E-state index contributed by atoms with van der Waals surface area (Å²) in [6, 6.07) is 12.0. The van der Waals surface area contributed by atoms with Gasteiger partial charge in [0.15, 0.2) is 0 Å². The highest BCUT2D eigenvalue weighted by atomic mass is 32.1. The van der Waals surface area contributed by atoms with Crippen molar-refractivity contribution >= 4 is 43.3 Å². The Morgan fingerprint density at radius 1 is 1.25 bits per heavy atom. The summed E-state index contributed by atoms with van der Waals surface area (Å²) in [7, 11) is 0. The van der Waals surface area contributed by atoms with E-state index >= 15 is 0 Å². The first-order valence-electron chi connectivity index (χ1n) is 7.53. The zero-order valence-electron chi connectivity index (χ0n) is 12.9. The topological polar surface area (TPSA) is 73.6 Å². The number of hydrogen-bond acceptors (Lipinski definition) is 6. The van der Waals surface area contributed by atoms with Gasteiger partial charge in [0.05, 0.1) is 23.2 Å². The Hall–Kier alpha value is -2.80. The van der Waals surface area contributed by atoms with E-state index in [2.05, 4.69) is 10.1 Å². The second-order valence-electron chi connectivity index (χ2n) is 5.28. The lowest BCUT2D eigenvalue weighted by molar-refractivity contribution is -0.142. The van der Waals surface area contributed by atoms with Crippen LogP contribution < -0.4 is 5.56 Å². The summed E-state index contributed by atoms with van der Waals surface area (Å²) >= 11 is 1.40. The third-order valence-corrected chi connectivity index (χ3v) is 4.74. The number of ether oxygens (including phenoxy) is 1. The lowest BCUT2D eigenvalue weighted by Gasteiger charge is -2.03. The third kappa shape index (κ3) is 2.33. The van der Waals surface area contributed by atoms with Crippen LogP contribution in [0.5, 0.6) is 0 Å². The number of hydrogen-bond donors (Lipinski definition) is 0. The molecule has 0 fully saturated rings. The van der Waals surface area contributed by atoms with Crippen LogP contribution in [0.3, 0.4) is 0 Å². The molecule has 7 heteroatoms. The van der Waals surface area contributed by atoms with E-state index in [4.69, 9.17) is 4.74 Å². The van der Waals surface area contributed by atoms with Crippen LogP contribution in [0.4, 0.5) is 0 Å². The number of benzene rings is 2. The molecular formula is C17H13N3O3S. The normalized spacial score (nSPS) is 11.4. The van der Waals surface area contributed by atoms with Crippen LogP contribution in [-0.2, 0) is 16.0 Å². The molecule has 0 amide bonds. The molecule has 0 bridgehead atoms. The maximum absolute atomic E-state index is 12.1. The van der Waals surface area contributed by atoms with Gasteiger partial charge < -0.3 is 4.74 Å². The van der Waals surface area contributed by atoms with Gasteiger partial charge in [-0.05, 0) is 18.4 Å². The molecule has 0 atom stereocenters. The highest BCUT2D eigenvalue weighted by Gasteiger charge is 2.15. The Labute approximate surface area is 140 Å². The first kappa shape index (κ1) is 14.8. The number of esters is 1. The number of aromatic nitrogens is 3. The van der Waals surface area contributed by atoms with Crippen molar-refractivity contribution in [2.75, 3.05) is 6.61 Å². The highest BCUT2D eigenvalue weighted by molar-refractivity contribution is 7.23.